The van der Waals surface area contributed by atoms with Crippen LogP contribution in [0.25, 0.3) is 22.7 Å². The van der Waals surface area contributed by atoms with Crippen molar-refractivity contribution in [1.82, 2.24) is 39.4 Å². The van der Waals surface area contributed by atoms with Crippen LogP contribution in [0.3, 0.4) is 0 Å². The highest BCUT2D eigenvalue weighted by Crippen LogP contribution is 2.19. The molecule has 0 atom stereocenters. The Morgan fingerprint density at radius 1 is 1.07 bits per heavy atom. The second-order valence-corrected chi connectivity index (χ2v) is 6.56. The molecule has 0 fully saturated rings. The van der Waals surface area contributed by atoms with Crippen molar-refractivity contribution in [3.8, 4) is 11.5 Å². The first-order chi connectivity index (χ1) is 14.1. The normalized spacial score (nSPS) is 11.4. The molecule has 5 heterocycles. The van der Waals surface area contributed by atoms with Crippen molar-refractivity contribution < 1.29 is 9.32 Å². The number of hydrogen-bond acceptors (Lipinski definition) is 7. The molecule has 0 saturated heterocycles. The summed E-state index contributed by atoms with van der Waals surface area (Å²) >= 11 is 0. The summed E-state index contributed by atoms with van der Waals surface area (Å²) < 4.78 is 8.76. The second kappa shape index (κ2) is 6.51. The van der Waals surface area contributed by atoms with Gasteiger partial charge in [-0.05, 0) is 38.1 Å². The van der Waals surface area contributed by atoms with Gasteiger partial charge in [-0.25, -0.2) is 4.98 Å². The molecule has 5 aromatic heterocycles. The number of carbonyl (C=O) groups excluding carboxylic acids is 1. The fraction of sp³-hybridized carbons (Fsp3) is 0.158. The first-order valence-electron chi connectivity index (χ1n) is 8.96. The van der Waals surface area contributed by atoms with E-state index < -0.39 is 0 Å². The number of aryl methyl sites for hydroxylation is 2. The Morgan fingerprint density at radius 3 is 2.79 bits per heavy atom. The highest BCUT2D eigenvalue weighted by Gasteiger charge is 2.17. The molecule has 144 valence electrons. The van der Waals surface area contributed by atoms with E-state index >= 15 is 0 Å². The maximum atomic E-state index is 12.8. The molecule has 1 amide bonds. The van der Waals surface area contributed by atoms with Crippen LogP contribution in [0.1, 0.15) is 27.8 Å². The molecule has 10 heteroatoms. The van der Waals surface area contributed by atoms with Crippen LogP contribution in [0.5, 0.6) is 0 Å². The van der Waals surface area contributed by atoms with Crippen LogP contribution in [-0.4, -0.2) is 40.0 Å². The molecule has 5 aromatic rings. The fourth-order valence-corrected chi connectivity index (χ4v) is 3.24. The topological polar surface area (TPSA) is 116 Å². The van der Waals surface area contributed by atoms with E-state index in [1.807, 2.05) is 43.6 Å². The first-order valence-corrected chi connectivity index (χ1v) is 8.96. The number of pyridine rings is 2. The third-order valence-electron chi connectivity index (χ3n) is 4.58. The van der Waals surface area contributed by atoms with Crippen molar-refractivity contribution in [3.05, 3.63) is 65.8 Å². The molecular weight excluding hydrogens is 372 g/mol. The summed E-state index contributed by atoms with van der Waals surface area (Å²) in [5.74, 6) is 1.36. The Kier molecular flexibility index (Phi) is 3.83. The van der Waals surface area contributed by atoms with Crippen LogP contribution in [0.4, 0.5) is 0 Å². The summed E-state index contributed by atoms with van der Waals surface area (Å²) in [5.41, 5.74) is 3.27. The van der Waals surface area contributed by atoms with Crippen molar-refractivity contribution >= 4 is 17.2 Å². The first kappa shape index (κ1) is 17.0. The van der Waals surface area contributed by atoms with Crippen LogP contribution in [0.15, 0.2) is 47.2 Å². The van der Waals surface area contributed by atoms with Gasteiger partial charge in [0.15, 0.2) is 17.3 Å². The minimum atomic E-state index is -0.226. The lowest BCUT2D eigenvalue weighted by atomic mass is 10.2. The van der Waals surface area contributed by atoms with E-state index in [0.717, 1.165) is 11.2 Å². The third kappa shape index (κ3) is 2.90. The maximum Gasteiger partial charge on any atom is 0.270 e. The number of nitrogens with zero attached hydrogens (tertiary/aromatic N) is 7. The number of amides is 1. The quantitative estimate of drug-likeness (QED) is 0.500. The minimum Gasteiger partial charge on any atom is -0.343 e. The van der Waals surface area contributed by atoms with Gasteiger partial charge in [-0.1, -0.05) is 11.2 Å². The van der Waals surface area contributed by atoms with E-state index in [1.54, 1.807) is 21.8 Å². The molecular formula is C19H16N8O2. The Morgan fingerprint density at radius 2 is 1.97 bits per heavy atom. The zero-order chi connectivity index (χ0) is 20.0. The van der Waals surface area contributed by atoms with Crippen LogP contribution < -0.4 is 5.32 Å². The molecule has 0 aliphatic heterocycles. The number of imidazole rings is 1. The fourth-order valence-electron chi connectivity index (χ4n) is 3.24. The van der Waals surface area contributed by atoms with Crippen molar-refractivity contribution in [2.24, 2.45) is 0 Å². The summed E-state index contributed by atoms with van der Waals surface area (Å²) in [7, 11) is 0. The standard InChI is InChI=1S/C19H16N8O2/c1-11-17(27-7-4-3-5-14(27)21-11)18(28)20-10-16-24-23-15-9-13(6-8-26(15)16)19-22-12(2)25-29-19/h3-9H,10H2,1-2H3,(H,20,28). The molecule has 0 bridgehead atoms. The van der Waals surface area contributed by atoms with E-state index in [4.69, 9.17) is 4.52 Å². The largest absolute Gasteiger partial charge is 0.343 e. The van der Waals surface area contributed by atoms with E-state index in [-0.39, 0.29) is 12.5 Å². The highest BCUT2D eigenvalue weighted by atomic mass is 16.5. The summed E-state index contributed by atoms with van der Waals surface area (Å²) in [5, 5.41) is 15.1. The van der Waals surface area contributed by atoms with Gasteiger partial charge in [0.25, 0.3) is 11.8 Å². The van der Waals surface area contributed by atoms with Crippen molar-refractivity contribution in [1.29, 1.82) is 0 Å². The molecule has 0 spiro atoms. The Bertz CT molecular complexity index is 1360. The number of rotatable bonds is 4. The van der Waals surface area contributed by atoms with Crippen molar-refractivity contribution in [2.45, 2.75) is 20.4 Å². The lowest BCUT2D eigenvalue weighted by molar-refractivity contribution is 0.0943. The lowest BCUT2D eigenvalue weighted by Crippen LogP contribution is -2.26. The molecule has 0 radical (unpaired) electrons. The number of aromatic nitrogens is 7. The highest BCUT2D eigenvalue weighted by molar-refractivity contribution is 5.94. The van der Waals surface area contributed by atoms with E-state index in [2.05, 4.69) is 30.6 Å². The third-order valence-corrected chi connectivity index (χ3v) is 4.58. The van der Waals surface area contributed by atoms with Gasteiger partial charge in [0.2, 0.25) is 0 Å². The molecule has 1 N–H and O–H groups in total. The molecule has 5 rings (SSSR count). The van der Waals surface area contributed by atoms with Gasteiger partial charge >= 0.3 is 0 Å². The monoisotopic (exact) mass is 388 g/mol. The molecule has 0 aliphatic carbocycles. The van der Waals surface area contributed by atoms with Crippen LogP contribution in [0, 0.1) is 13.8 Å². The molecule has 0 aromatic carbocycles. The molecule has 29 heavy (non-hydrogen) atoms. The maximum absolute atomic E-state index is 12.8. The van der Waals surface area contributed by atoms with Gasteiger partial charge in [0, 0.05) is 18.0 Å². The predicted molar refractivity (Wildman–Crippen MR) is 102 cm³/mol. The number of nitrogens with one attached hydrogen (secondary N) is 1. The van der Waals surface area contributed by atoms with E-state index in [0.29, 0.717) is 34.6 Å². The number of carbonyl (C=O) groups is 1. The molecule has 0 saturated carbocycles. The average molecular weight is 388 g/mol. The van der Waals surface area contributed by atoms with Gasteiger partial charge < -0.3 is 9.84 Å². The van der Waals surface area contributed by atoms with Gasteiger partial charge in [-0.3, -0.25) is 13.6 Å². The van der Waals surface area contributed by atoms with Gasteiger partial charge in [0.1, 0.15) is 11.3 Å². The van der Waals surface area contributed by atoms with Crippen LogP contribution >= 0.6 is 0 Å². The van der Waals surface area contributed by atoms with Crippen LogP contribution in [0.2, 0.25) is 0 Å². The second-order valence-electron chi connectivity index (χ2n) is 6.56. The zero-order valence-corrected chi connectivity index (χ0v) is 15.7. The molecule has 10 nitrogen and oxygen atoms in total. The summed E-state index contributed by atoms with van der Waals surface area (Å²) in [6.45, 7) is 3.79. The summed E-state index contributed by atoms with van der Waals surface area (Å²) in [6, 6.07) is 9.25. The lowest BCUT2D eigenvalue weighted by Gasteiger charge is -2.05. The molecule has 0 aliphatic rings. The minimum absolute atomic E-state index is 0.221. The summed E-state index contributed by atoms with van der Waals surface area (Å²) in [4.78, 5) is 21.4. The van der Waals surface area contributed by atoms with E-state index in [1.165, 1.54) is 0 Å². The SMILES string of the molecule is Cc1noc(-c2ccn3c(CNC(=O)c4c(C)nc5ccccn45)nnc3c2)n1. The van der Waals surface area contributed by atoms with Gasteiger partial charge in [-0.15, -0.1) is 10.2 Å². The van der Waals surface area contributed by atoms with Crippen molar-refractivity contribution in [2.75, 3.05) is 0 Å². The molecule has 0 unspecified atom stereocenters. The number of fused-ring (bicyclic) bond motifs is 2. The number of hydrogen-bond donors (Lipinski definition) is 1. The van der Waals surface area contributed by atoms with Gasteiger partial charge in [-0.2, -0.15) is 4.98 Å². The average Bonchev–Trinajstić information content (AvgIpc) is 3.41. The zero-order valence-electron chi connectivity index (χ0n) is 15.7. The Labute approximate surface area is 164 Å². The van der Waals surface area contributed by atoms with Gasteiger partial charge in [0.05, 0.1) is 12.2 Å². The van der Waals surface area contributed by atoms with E-state index in [9.17, 15) is 4.79 Å². The van der Waals surface area contributed by atoms with Crippen molar-refractivity contribution in [3.63, 3.8) is 0 Å². The smallest absolute Gasteiger partial charge is 0.270 e. The summed E-state index contributed by atoms with van der Waals surface area (Å²) in [6.07, 6.45) is 3.63. The Hall–Kier alpha value is -4.08. The Balaban J connectivity index is 1.39. The predicted octanol–water partition coefficient (Wildman–Crippen LogP) is 1.97. The van der Waals surface area contributed by atoms with Crippen LogP contribution in [-0.2, 0) is 6.54 Å².